The molecule has 112 valence electrons. The van der Waals surface area contributed by atoms with Crippen LogP contribution in [0.3, 0.4) is 0 Å². The molecule has 0 atom stereocenters. The summed E-state index contributed by atoms with van der Waals surface area (Å²) in [5.74, 6) is -2.49. The van der Waals surface area contributed by atoms with Gasteiger partial charge in [0, 0.05) is 11.6 Å². The maximum absolute atomic E-state index is 13.4. The van der Waals surface area contributed by atoms with E-state index in [-0.39, 0.29) is 11.1 Å². The van der Waals surface area contributed by atoms with Crippen molar-refractivity contribution in [3.8, 4) is 0 Å². The molecule has 0 aliphatic rings. The van der Waals surface area contributed by atoms with Crippen LogP contribution >= 0.6 is 0 Å². The molecule has 21 heavy (non-hydrogen) atoms. The van der Waals surface area contributed by atoms with E-state index in [0.717, 1.165) is 12.1 Å². The number of aromatic carboxylic acids is 1. The first-order valence-electron chi connectivity index (χ1n) is 5.73. The normalized spacial score (nSPS) is 11.9. The minimum atomic E-state index is -4.61. The molecule has 0 radical (unpaired) electrons. The molecule has 0 amide bonds. The van der Waals surface area contributed by atoms with Crippen molar-refractivity contribution in [1.29, 1.82) is 0 Å². The maximum Gasteiger partial charge on any atom is 0.406 e. The number of hydrogen-bond acceptors (Lipinski definition) is 2. The van der Waals surface area contributed by atoms with Gasteiger partial charge in [-0.3, -0.25) is 4.79 Å². The predicted octanol–water partition coefficient (Wildman–Crippen LogP) is 2.71. The Morgan fingerprint density at radius 3 is 2.48 bits per heavy atom. The van der Waals surface area contributed by atoms with Gasteiger partial charge >= 0.3 is 12.1 Å². The Labute approximate surface area is 115 Å². The lowest BCUT2D eigenvalue weighted by Crippen LogP contribution is -2.24. The van der Waals surface area contributed by atoms with Gasteiger partial charge in [-0.05, 0) is 24.6 Å². The first-order valence-corrected chi connectivity index (χ1v) is 5.73. The van der Waals surface area contributed by atoms with Gasteiger partial charge in [-0.25, -0.2) is 9.18 Å². The molecule has 2 rings (SSSR count). The zero-order valence-electron chi connectivity index (χ0n) is 10.7. The summed E-state index contributed by atoms with van der Waals surface area (Å²) in [4.78, 5) is 22.9. The molecule has 8 heteroatoms. The second kappa shape index (κ2) is 4.87. The molecule has 0 aliphatic heterocycles. The third-order valence-electron chi connectivity index (χ3n) is 2.91. The fourth-order valence-electron chi connectivity index (χ4n) is 2.18. The van der Waals surface area contributed by atoms with Crippen molar-refractivity contribution in [2.45, 2.75) is 19.6 Å². The highest BCUT2D eigenvalue weighted by atomic mass is 19.4. The molecule has 0 bridgehead atoms. The molecule has 1 N–H and O–H groups in total. The monoisotopic (exact) mass is 303 g/mol. The summed E-state index contributed by atoms with van der Waals surface area (Å²) in [6, 6.07) is 1.72. The molecule has 0 aliphatic carbocycles. The lowest BCUT2D eigenvalue weighted by molar-refractivity contribution is -0.140. The highest BCUT2D eigenvalue weighted by molar-refractivity contribution is 5.93. The van der Waals surface area contributed by atoms with E-state index in [1.54, 1.807) is 0 Å². The van der Waals surface area contributed by atoms with Crippen LogP contribution < -0.4 is 5.43 Å². The third kappa shape index (κ3) is 2.88. The Morgan fingerprint density at radius 2 is 1.95 bits per heavy atom. The van der Waals surface area contributed by atoms with Gasteiger partial charge in [-0.1, -0.05) is 0 Å². The molecule has 0 saturated heterocycles. The van der Waals surface area contributed by atoms with E-state index in [1.165, 1.54) is 6.92 Å². The number of hydrogen-bond donors (Lipinski definition) is 1. The van der Waals surface area contributed by atoms with Gasteiger partial charge in [0.25, 0.3) is 0 Å². The second-order valence-corrected chi connectivity index (χ2v) is 4.54. The zero-order chi connectivity index (χ0) is 15.9. The van der Waals surface area contributed by atoms with Crippen molar-refractivity contribution in [3.63, 3.8) is 0 Å². The number of halogens is 4. The molecule has 2 aromatic rings. The van der Waals surface area contributed by atoms with Crippen molar-refractivity contribution in [1.82, 2.24) is 4.57 Å². The summed E-state index contributed by atoms with van der Waals surface area (Å²) in [6.45, 7) is -0.130. The number of rotatable bonds is 2. The summed E-state index contributed by atoms with van der Waals surface area (Å²) in [6.07, 6.45) is -3.98. The Kier molecular flexibility index (Phi) is 3.48. The lowest BCUT2D eigenvalue weighted by atomic mass is 10.1. The van der Waals surface area contributed by atoms with Gasteiger partial charge in [0.15, 0.2) is 0 Å². The van der Waals surface area contributed by atoms with E-state index in [9.17, 15) is 27.2 Å². The molecule has 1 aromatic carbocycles. The number of carboxylic acids is 1. The minimum Gasteiger partial charge on any atom is -0.477 e. The first kappa shape index (κ1) is 15.0. The summed E-state index contributed by atoms with van der Waals surface area (Å²) in [5.41, 5.74) is -1.87. The van der Waals surface area contributed by atoms with Crippen LogP contribution in [0, 0.1) is 12.7 Å². The molecule has 0 unspecified atom stereocenters. The number of carboxylic acid groups (broad SMARTS) is 1. The topological polar surface area (TPSA) is 59.3 Å². The molecule has 0 saturated carbocycles. The summed E-state index contributed by atoms with van der Waals surface area (Å²) in [5, 5.41) is 8.51. The molecule has 4 nitrogen and oxygen atoms in total. The molecule has 0 fully saturated rings. The van der Waals surface area contributed by atoms with Crippen LogP contribution in [0.2, 0.25) is 0 Å². The largest absolute Gasteiger partial charge is 0.477 e. The maximum atomic E-state index is 13.4. The van der Waals surface area contributed by atoms with Crippen LogP contribution in [0.4, 0.5) is 17.6 Å². The Bertz CT molecular complexity index is 793. The quantitative estimate of drug-likeness (QED) is 0.868. The molecule has 0 spiro atoms. The van der Waals surface area contributed by atoms with Crippen LogP contribution in [0.1, 0.15) is 15.9 Å². The van der Waals surface area contributed by atoms with Crippen molar-refractivity contribution in [3.05, 3.63) is 45.5 Å². The van der Waals surface area contributed by atoms with Gasteiger partial charge in [0.2, 0.25) is 5.43 Å². The van der Waals surface area contributed by atoms with Crippen LogP contribution in [0.25, 0.3) is 10.9 Å². The average molecular weight is 303 g/mol. The van der Waals surface area contributed by atoms with Crippen molar-refractivity contribution >= 4 is 16.9 Å². The van der Waals surface area contributed by atoms with Crippen molar-refractivity contribution in [2.24, 2.45) is 0 Å². The summed E-state index contributed by atoms with van der Waals surface area (Å²) < 4.78 is 51.7. The fourth-order valence-corrected chi connectivity index (χ4v) is 2.18. The minimum absolute atomic E-state index is 0.114. The molecular weight excluding hydrogens is 294 g/mol. The first-order chi connectivity index (χ1) is 9.60. The molecule has 1 heterocycles. The number of fused-ring (bicyclic) bond motifs is 1. The number of carbonyl (C=O) groups is 1. The van der Waals surface area contributed by atoms with Crippen LogP contribution in [-0.4, -0.2) is 21.8 Å². The zero-order valence-corrected chi connectivity index (χ0v) is 10.7. The number of pyridine rings is 1. The number of nitrogens with zero attached hydrogens (tertiary/aromatic N) is 1. The summed E-state index contributed by atoms with van der Waals surface area (Å²) >= 11 is 0. The Morgan fingerprint density at radius 1 is 1.33 bits per heavy atom. The highest BCUT2D eigenvalue weighted by Crippen LogP contribution is 2.24. The SMILES string of the molecule is Cc1cc(F)cc2c(=O)c(C(=O)O)cn(CC(F)(F)F)c12. The predicted molar refractivity (Wildman–Crippen MR) is 65.9 cm³/mol. The van der Waals surface area contributed by atoms with E-state index < -0.39 is 40.9 Å². The highest BCUT2D eigenvalue weighted by Gasteiger charge is 2.29. The van der Waals surface area contributed by atoms with Gasteiger partial charge in [-0.2, -0.15) is 13.2 Å². The van der Waals surface area contributed by atoms with Gasteiger partial charge < -0.3 is 9.67 Å². The van der Waals surface area contributed by atoms with Crippen LogP contribution in [0.5, 0.6) is 0 Å². The van der Waals surface area contributed by atoms with E-state index in [1.807, 2.05) is 0 Å². The second-order valence-electron chi connectivity index (χ2n) is 4.54. The van der Waals surface area contributed by atoms with Gasteiger partial charge in [0.05, 0.1) is 5.52 Å². The molecule has 1 aromatic heterocycles. The smallest absolute Gasteiger partial charge is 0.406 e. The van der Waals surface area contributed by atoms with Gasteiger partial charge in [-0.15, -0.1) is 0 Å². The number of aromatic nitrogens is 1. The van der Waals surface area contributed by atoms with E-state index >= 15 is 0 Å². The number of alkyl halides is 3. The third-order valence-corrected chi connectivity index (χ3v) is 2.91. The van der Waals surface area contributed by atoms with Crippen molar-refractivity contribution < 1.29 is 27.5 Å². The number of aryl methyl sites for hydroxylation is 1. The number of benzene rings is 1. The van der Waals surface area contributed by atoms with E-state index in [0.29, 0.717) is 10.8 Å². The fraction of sp³-hybridized carbons (Fsp3) is 0.231. The van der Waals surface area contributed by atoms with Crippen LogP contribution in [-0.2, 0) is 6.54 Å². The van der Waals surface area contributed by atoms with Gasteiger partial charge in [0.1, 0.15) is 17.9 Å². The Hall–Kier alpha value is -2.38. The van der Waals surface area contributed by atoms with E-state index in [4.69, 9.17) is 5.11 Å². The Balaban J connectivity index is 2.92. The average Bonchev–Trinajstić information content (AvgIpc) is 2.29. The lowest BCUT2D eigenvalue weighted by Gasteiger charge is -2.16. The van der Waals surface area contributed by atoms with E-state index in [2.05, 4.69) is 0 Å². The van der Waals surface area contributed by atoms with Crippen molar-refractivity contribution in [2.75, 3.05) is 0 Å². The standard InChI is InChI=1S/C13H9F4NO3/c1-6-2-7(14)3-8-10(6)18(5-13(15,16)17)4-9(11(8)19)12(20)21/h2-4H,5H2,1H3,(H,20,21). The molecular formula is C13H9F4NO3. The van der Waals surface area contributed by atoms with Crippen LogP contribution in [0.15, 0.2) is 23.1 Å². The summed E-state index contributed by atoms with van der Waals surface area (Å²) in [7, 11) is 0.